The summed E-state index contributed by atoms with van der Waals surface area (Å²) in [6.45, 7) is 7.82. The molecule has 35 heavy (non-hydrogen) atoms. The standard InChI is InChI=1S/C26H29N5O3S/c1-16-6-7-17(25(32)29-19-8-9-19)10-20(16)18-12-28-31(14-18)24-13-27-23-11-21(34-5)22(15-30(23)24)35(33)26(2,3)4/h6-7,10-15,19H,8-9H2,1-5H3,(H,29,32). The quantitative estimate of drug-likeness (QED) is 0.434. The van der Waals surface area contributed by atoms with Gasteiger partial charge in [0.1, 0.15) is 11.4 Å². The zero-order chi connectivity index (χ0) is 24.9. The van der Waals surface area contributed by atoms with Crippen molar-refractivity contribution in [3.8, 4) is 22.7 Å². The van der Waals surface area contributed by atoms with Crippen molar-refractivity contribution >= 4 is 22.4 Å². The van der Waals surface area contributed by atoms with E-state index in [0.29, 0.717) is 33.7 Å². The molecule has 1 amide bonds. The first-order valence-electron chi connectivity index (χ1n) is 11.6. The number of nitrogens with zero attached hydrogens (tertiary/aromatic N) is 4. The van der Waals surface area contributed by atoms with Crippen LogP contribution < -0.4 is 10.1 Å². The molecule has 0 radical (unpaired) electrons. The molecule has 8 nitrogen and oxygen atoms in total. The molecule has 1 fully saturated rings. The maximum atomic E-state index is 13.2. The number of fused-ring (bicyclic) bond motifs is 1. The maximum absolute atomic E-state index is 13.2. The topological polar surface area (TPSA) is 90.5 Å². The summed E-state index contributed by atoms with van der Waals surface area (Å²) in [7, 11) is 0.277. The number of nitrogens with one attached hydrogen (secondary N) is 1. The van der Waals surface area contributed by atoms with Crippen LogP contribution in [0.15, 0.2) is 53.9 Å². The van der Waals surface area contributed by atoms with Crippen LogP contribution >= 0.6 is 0 Å². The van der Waals surface area contributed by atoms with E-state index >= 15 is 0 Å². The van der Waals surface area contributed by atoms with Gasteiger partial charge >= 0.3 is 0 Å². The lowest BCUT2D eigenvalue weighted by molar-refractivity contribution is 0.0951. The molecule has 1 unspecified atom stereocenters. The van der Waals surface area contributed by atoms with Crippen molar-refractivity contribution in [2.75, 3.05) is 7.11 Å². The van der Waals surface area contributed by atoms with Gasteiger partial charge in [-0.3, -0.25) is 13.4 Å². The van der Waals surface area contributed by atoms with Crippen LogP contribution in [0, 0.1) is 6.92 Å². The van der Waals surface area contributed by atoms with Crippen LogP contribution in [0.2, 0.25) is 0 Å². The Bertz CT molecular complexity index is 1460. The van der Waals surface area contributed by atoms with Crippen molar-refractivity contribution in [3.63, 3.8) is 0 Å². The van der Waals surface area contributed by atoms with Crippen LogP contribution in [0.25, 0.3) is 22.6 Å². The van der Waals surface area contributed by atoms with E-state index in [1.54, 1.807) is 30.3 Å². The maximum Gasteiger partial charge on any atom is 0.251 e. The molecule has 182 valence electrons. The van der Waals surface area contributed by atoms with Gasteiger partial charge in [0.2, 0.25) is 0 Å². The second-order valence-corrected chi connectivity index (χ2v) is 12.1. The van der Waals surface area contributed by atoms with Crippen LogP contribution in [-0.4, -0.2) is 47.2 Å². The largest absolute Gasteiger partial charge is 0.495 e. The Morgan fingerprint density at radius 3 is 2.63 bits per heavy atom. The fourth-order valence-corrected chi connectivity index (χ4v) is 5.12. The molecule has 0 bridgehead atoms. The molecule has 3 heterocycles. The number of pyridine rings is 1. The molecule has 1 aliphatic carbocycles. The minimum absolute atomic E-state index is 0.0451. The predicted molar refractivity (Wildman–Crippen MR) is 136 cm³/mol. The molecule has 0 spiro atoms. The summed E-state index contributed by atoms with van der Waals surface area (Å²) in [4.78, 5) is 17.7. The third-order valence-electron chi connectivity index (χ3n) is 6.07. The molecule has 0 aliphatic heterocycles. The van der Waals surface area contributed by atoms with Crippen molar-refractivity contribution in [3.05, 3.63) is 60.2 Å². The van der Waals surface area contributed by atoms with Gasteiger partial charge in [-0.1, -0.05) is 6.07 Å². The van der Waals surface area contributed by atoms with Crippen molar-refractivity contribution in [2.45, 2.75) is 56.2 Å². The van der Waals surface area contributed by atoms with E-state index in [0.717, 1.165) is 29.5 Å². The zero-order valence-corrected chi connectivity index (χ0v) is 21.3. The average Bonchev–Trinajstić information content (AvgIpc) is 3.34. The van der Waals surface area contributed by atoms with Crippen LogP contribution in [0.1, 0.15) is 49.5 Å². The summed E-state index contributed by atoms with van der Waals surface area (Å²) in [5.74, 6) is 1.21. The van der Waals surface area contributed by atoms with Crippen LogP contribution in [0.4, 0.5) is 0 Å². The minimum Gasteiger partial charge on any atom is -0.495 e. The highest BCUT2D eigenvalue weighted by Gasteiger charge is 2.26. The molecule has 0 saturated heterocycles. The Labute approximate surface area is 206 Å². The van der Waals surface area contributed by atoms with Gasteiger partial charge in [-0.25, -0.2) is 9.67 Å². The number of ether oxygens (including phenoxy) is 1. The van der Waals surface area contributed by atoms with Crippen LogP contribution in [0.5, 0.6) is 5.75 Å². The van der Waals surface area contributed by atoms with E-state index in [1.165, 1.54) is 0 Å². The Morgan fingerprint density at radius 1 is 1.17 bits per heavy atom. The number of rotatable bonds is 6. The monoisotopic (exact) mass is 491 g/mol. The summed E-state index contributed by atoms with van der Waals surface area (Å²) >= 11 is 0. The van der Waals surface area contributed by atoms with Gasteiger partial charge in [0.15, 0.2) is 5.82 Å². The Balaban J connectivity index is 1.53. The SMILES string of the molecule is COc1cc2ncc(-n3cc(-c4cc(C(=O)NC5CC5)ccc4C)cn3)n2cc1S(=O)C(C)(C)C. The van der Waals surface area contributed by atoms with Gasteiger partial charge in [0.25, 0.3) is 5.91 Å². The van der Waals surface area contributed by atoms with E-state index in [2.05, 4.69) is 15.4 Å². The number of imidazole rings is 1. The van der Waals surface area contributed by atoms with Crippen LogP contribution in [0.3, 0.4) is 0 Å². The van der Waals surface area contributed by atoms with Gasteiger partial charge in [0, 0.05) is 40.4 Å². The highest BCUT2D eigenvalue weighted by atomic mass is 32.2. The van der Waals surface area contributed by atoms with Gasteiger partial charge in [0.05, 0.1) is 35.2 Å². The highest BCUT2D eigenvalue weighted by molar-refractivity contribution is 7.86. The number of aromatic nitrogens is 4. The second kappa shape index (κ2) is 8.64. The summed E-state index contributed by atoms with van der Waals surface area (Å²) < 4.78 is 21.9. The Hall–Kier alpha value is -3.46. The second-order valence-electron chi connectivity index (χ2n) is 9.88. The minimum atomic E-state index is -1.29. The molecule has 9 heteroatoms. The van der Waals surface area contributed by atoms with Crippen LogP contribution in [-0.2, 0) is 10.8 Å². The van der Waals surface area contributed by atoms with E-state index < -0.39 is 15.5 Å². The summed E-state index contributed by atoms with van der Waals surface area (Å²) in [6, 6.07) is 7.83. The number of carbonyl (C=O) groups excluding carboxylic acids is 1. The number of methoxy groups -OCH3 is 1. The lowest BCUT2D eigenvalue weighted by Crippen LogP contribution is -2.25. The predicted octanol–water partition coefficient (Wildman–Crippen LogP) is 4.30. The smallest absolute Gasteiger partial charge is 0.251 e. The average molecular weight is 492 g/mol. The molecule has 1 N–H and O–H groups in total. The fraction of sp³-hybridized carbons (Fsp3) is 0.346. The number of hydrogen-bond acceptors (Lipinski definition) is 5. The molecular weight excluding hydrogens is 462 g/mol. The highest BCUT2D eigenvalue weighted by Crippen LogP contribution is 2.31. The molecule has 3 aromatic heterocycles. The van der Waals surface area contributed by atoms with Gasteiger partial charge in [-0.2, -0.15) is 5.10 Å². The van der Waals surface area contributed by atoms with Crippen molar-refractivity contribution in [1.29, 1.82) is 0 Å². The zero-order valence-electron chi connectivity index (χ0n) is 20.5. The van der Waals surface area contributed by atoms with E-state index in [4.69, 9.17) is 4.74 Å². The third-order valence-corrected chi connectivity index (χ3v) is 7.89. The molecule has 1 aliphatic rings. The number of amides is 1. The molecule has 1 atom stereocenters. The van der Waals surface area contributed by atoms with E-state index in [9.17, 15) is 9.00 Å². The van der Waals surface area contributed by atoms with Crippen molar-refractivity contribution in [2.24, 2.45) is 0 Å². The number of carbonyl (C=O) groups is 1. The number of aryl methyl sites for hydroxylation is 1. The third kappa shape index (κ3) is 4.48. The summed E-state index contributed by atoms with van der Waals surface area (Å²) in [5.41, 5.74) is 4.20. The number of hydrogen-bond donors (Lipinski definition) is 1. The summed E-state index contributed by atoms with van der Waals surface area (Å²) in [6.07, 6.45) is 9.33. The lowest BCUT2D eigenvalue weighted by atomic mass is 10.0. The molecule has 5 rings (SSSR count). The fourth-order valence-electron chi connectivity index (χ4n) is 3.93. The van der Waals surface area contributed by atoms with Gasteiger partial charge in [-0.15, -0.1) is 0 Å². The number of benzene rings is 1. The Kier molecular flexibility index (Phi) is 5.75. The van der Waals surface area contributed by atoms with Crippen molar-refractivity contribution in [1.82, 2.24) is 24.5 Å². The molecule has 4 aromatic rings. The lowest BCUT2D eigenvalue weighted by Gasteiger charge is -2.20. The van der Waals surface area contributed by atoms with E-state index in [-0.39, 0.29) is 5.91 Å². The molecule has 1 aromatic carbocycles. The van der Waals surface area contributed by atoms with Crippen molar-refractivity contribution < 1.29 is 13.7 Å². The Morgan fingerprint density at radius 2 is 1.94 bits per heavy atom. The molecular formula is C26H29N5O3S. The first-order valence-corrected chi connectivity index (χ1v) is 12.7. The van der Waals surface area contributed by atoms with E-state index in [1.807, 2.05) is 62.7 Å². The normalized spacial score (nSPS) is 14.8. The first-order chi connectivity index (χ1) is 16.7. The van der Waals surface area contributed by atoms with Gasteiger partial charge in [-0.05, 0) is 63.8 Å². The van der Waals surface area contributed by atoms with Gasteiger partial charge < -0.3 is 10.1 Å². The summed E-state index contributed by atoms with van der Waals surface area (Å²) in [5, 5.41) is 7.62. The molecule has 1 saturated carbocycles. The first kappa shape index (κ1) is 23.3.